The lowest BCUT2D eigenvalue weighted by Gasteiger charge is -2.28. The van der Waals surface area contributed by atoms with E-state index < -0.39 is 35.9 Å². The Morgan fingerprint density at radius 3 is 1.38 bits per heavy atom. The Labute approximate surface area is 310 Å². The van der Waals surface area contributed by atoms with Gasteiger partial charge in [0, 0.05) is 38.1 Å². The number of hydrogen-bond acceptors (Lipinski definition) is 7. The summed E-state index contributed by atoms with van der Waals surface area (Å²) in [4.78, 5) is 82.2. The number of carbonyl (C=O) groups is 7. The number of nitrogens with one attached hydrogen (secondary N) is 3. The van der Waals surface area contributed by atoms with Gasteiger partial charge < -0.3 is 36.1 Å². The number of Topliss-reactive ketones (excluding diaryl/α,β-unsaturated/α-hetero) is 1. The maximum absolute atomic E-state index is 12.8. The Morgan fingerprint density at radius 1 is 0.519 bits per heavy atom. The summed E-state index contributed by atoms with van der Waals surface area (Å²) in [6, 6.07) is -2.54. The highest BCUT2D eigenvalue weighted by Crippen LogP contribution is 2.29. The summed E-state index contributed by atoms with van der Waals surface area (Å²) in [5, 5.41) is 35.4. The van der Waals surface area contributed by atoms with E-state index in [-0.39, 0.29) is 55.1 Å². The average molecular weight is 738 g/mol. The molecule has 0 spiro atoms. The third-order valence-corrected chi connectivity index (χ3v) is 10.0. The predicted molar refractivity (Wildman–Crippen MR) is 197 cm³/mol. The number of carbonyl (C=O) groups excluding carboxylic acids is 4. The second kappa shape index (κ2) is 29.0. The Balaban J connectivity index is 2.08. The number of rotatable bonds is 32. The van der Waals surface area contributed by atoms with Gasteiger partial charge in [0.15, 0.2) is 0 Å². The lowest BCUT2D eigenvalue weighted by Crippen LogP contribution is -2.46. The van der Waals surface area contributed by atoms with E-state index in [9.17, 15) is 43.8 Å². The highest BCUT2D eigenvalue weighted by Gasteiger charge is 2.30. The Hall–Kier alpha value is -3.51. The molecule has 0 aromatic rings. The summed E-state index contributed by atoms with van der Waals surface area (Å²) in [5.74, 6) is -4.55. The summed E-state index contributed by atoms with van der Waals surface area (Å²) in [6.45, 7) is 1.89. The maximum Gasteiger partial charge on any atom is 0.326 e. The fourth-order valence-corrected chi connectivity index (χ4v) is 6.71. The van der Waals surface area contributed by atoms with Crippen LogP contribution in [0.3, 0.4) is 0 Å². The van der Waals surface area contributed by atoms with Crippen molar-refractivity contribution in [3.63, 3.8) is 0 Å². The zero-order valence-electron chi connectivity index (χ0n) is 31.6. The molecule has 1 rings (SSSR count). The molecule has 6 N–H and O–H groups in total. The minimum Gasteiger partial charge on any atom is -0.481 e. The molecule has 298 valence electrons. The predicted octanol–water partition coefficient (Wildman–Crippen LogP) is 6.30. The molecule has 0 aromatic carbocycles. The van der Waals surface area contributed by atoms with Crippen molar-refractivity contribution in [3.05, 3.63) is 0 Å². The second-order valence-corrected chi connectivity index (χ2v) is 14.7. The Morgan fingerprint density at radius 2 is 0.942 bits per heavy atom. The lowest BCUT2D eigenvalue weighted by molar-refractivity contribution is -0.144. The van der Waals surface area contributed by atoms with Gasteiger partial charge in [0.1, 0.15) is 17.9 Å². The SMILES string of the molecule is CC(=O)CC[C@H](NC(=O)CC[C@H](NC(=O)[C@H]1CC[C@H](CNC(=O)CCCCCCCCCCCCCCCCCCC(=O)O)CC1)C(=O)O)C(=O)O. The molecule has 2 atom stereocenters. The number of unbranched alkanes of at least 4 members (excludes halogenated alkanes) is 15. The fraction of sp³-hybridized carbons (Fsp3) is 0.821. The molecule has 1 fully saturated rings. The topological polar surface area (TPSA) is 216 Å². The zero-order valence-corrected chi connectivity index (χ0v) is 31.6. The monoisotopic (exact) mass is 737 g/mol. The summed E-state index contributed by atoms with van der Waals surface area (Å²) in [7, 11) is 0. The van der Waals surface area contributed by atoms with E-state index in [1.807, 2.05) is 0 Å². The van der Waals surface area contributed by atoms with Gasteiger partial charge in [0.25, 0.3) is 0 Å². The quantitative estimate of drug-likeness (QED) is 0.0423. The van der Waals surface area contributed by atoms with Gasteiger partial charge >= 0.3 is 17.9 Å². The number of hydrogen-bond donors (Lipinski definition) is 6. The van der Waals surface area contributed by atoms with Crippen molar-refractivity contribution in [1.29, 1.82) is 0 Å². The molecule has 13 nitrogen and oxygen atoms in total. The second-order valence-electron chi connectivity index (χ2n) is 14.7. The number of carboxylic acid groups (broad SMARTS) is 3. The molecule has 0 unspecified atom stereocenters. The van der Waals surface area contributed by atoms with E-state index in [4.69, 9.17) is 5.11 Å². The van der Waals surface area contributed by atoms with Crippen LogP contribution in [0.1, 0.15) is 174 Å². The Kier molecular flexibility index (Phi) is 25.9. The standard InChI is InChI=1S/C39H67N3O10/c1-29(43)20-25-32(38(49)50)41-35(45)27-26-33(39(51)52)42-37(48)31-23-21-30(22-24-31)28-40-34(44)18-16-14-12-10-8-6-4-2-3-5-7-9-11-13-15-17-19-36(46)47/h30-33H,2-28H2,1H3,(H,40,44)(H,41,45)(H,42,48)(H,46,47)(H,49,50)(H,51,52)/t30-,31-,32-,33-/m0/s1. The number of carboxylic acids is 3. The molecular formula is C39H67N3O10. The molecule has 3 amide bonds. The van der Waals surface area contributed by atoms with Crippen LogP contribution in [-0.4, -0.2) is 75.4 Å². The van der Waals surface area contributed by atoms with Crippen LogP contribution in [0.4, 0.5) is 0 Å². The van der Waals surface area contributed by atoms with Crippen LogP contribution in [-0.2, 0) is 33.6 Å². The fourth-order valence-electron chi connectivity index (χ4n) is 6.71. The van der Waals surface area contributed by atoms with Crippen LogP contribution in [0.25, 0.3) is 0 Å². The first kappa shape index (κ1) is 46.5. The molecule has 0 bridgehead atoms. The van der Waals surface area contributed by atoms with Crippen LogP contribution < -0.4 is 16.0 Å². The number of ketones is 1. The molecule has 13 heteroatoms. The maximum atomic E-state index is 12.8. The van der Waals surface area contributed by atoms with Crippen molar-refractivity contribution in [2.45, 2.75) is 186 Å². The van der Waals surface area contributed by atoms with E-state index in [1.165, 1.54) is 71.1 Å². The first-order valence-corrected chi connectivity index (χ1v) is 19.9. The largest absolute Gasteiger partial charge is 0.481 e. The smallest absolute Gasteiger partial charge is 0.326 e. The van der Waals surface area contributed by atoms with Crippen molar-refractivity contribution >= 4 is 41.4 Å². The van der Waals surface area contributed by atoms with E-state index >= 15 is 0 Å². The minimum absolute atomic E-state index is 0.00776. The van der Waals surface area contributed by atoms with Crippen LogP contribution in [0.2, 0.25) is 0 Å². The van der Waals surface area contributed by atoms with Crippen molar-refractivity contribution in [1.82, 2.24) is 16.0 Å². The van der Waals surface area contributed by atoms with Gasteiger partial charge in [0.05, 0.1) is 0 Å². The summed E-state index contributed by atoms with van der Waals surface area (Å²) in [6.07, 6.45) is 21.6. The molecule has 0 radical (unpaired) electrons. The molecule has 1 saturated carbocycles. The average Bonchev–Trinajstić information content (AvgIpc) is 3.09. The van der Waals surface area contributed by atoms with Crippen LogP contribution in [0, 0.1) is 11.8 Å². The van der Waals surface area contributed by atoms with E-state index in [2.05, 4.69) is 16.0 Å². The van der Waals surface area contributed by atoms with E-state index in [0.717, 1.165) is 51.4 Å². The first-order chi connectivity index (χ1) is 24.9. The zero-order chi connectivity index (χ0) is 38.6. The lowest BCUT2D eigenvalue weighted by atomic mass is 9.81. The van der Waals surface area contributed by atoms with Gasteiger partial charge in [-0.25, -0.2) is 9.59 Å². The third-order valence-electron chi connectivity index (χ3n) is 10.0. The van der Waals surface area contributed by atoms with E-state index in [0.29, 0.717) is 32.2 Å². The van der Waals surface area contributed by atoms with Gasteiger partial charge in [-0.2, -0.15) is 0 Å². The van der Waals surface area contributed by atoms with Crippen LogP contribution >= 0.6 is 0 Å². The molecule has 0 saturated heterocycles. The molecule has 52 heavy (non-hydrogen) atoms. The number of amides is 3. The molecule has 0 aliphatic heterocycles. The van der Waals surface area contributed by atoms with Crippen molar-refractivity contribution in [3.8, 4) is 0 Å². The van der Waals surface area contributed by atoms with Crippen LogP contribution in [0.15, 0.2) is 0 Å². The summed E-state index contributed by atoms with van der Waals surface area (Å²) < 4.78 is 0. The molecule has 1 aliphatic carbocycles. The van der Waals surface area contributed by atoms with Crippen LogP contribution in [0.5, 0.6) is 0 Å². The van der Waals surface area contributed by atoms with Crippen molar-refractivity contribution in [2.24, 2.45) is 11.8 Å². The van der Waals surface area contributed by atoms with Crippen molar-refractivity contribution in [2.75, 3.05) is 6.54 Å². The third kappa shape index (κ3) is 24.6. The minimum atomic E-state index is -1.29. The van der Waals surface area contributed by atoms with E-state index in [1.54, 1.807) is 0 Å². The van der Waals surface area contributed by atoms with Crippen molar-refractivity contribution < 1.29 is 48.9 Å². The molecule has 0 aromatic heterocycles. The molecule has 0 heterocycles. The normalized spacial score (nSPS) is 16.7. The van der Waals surface area contributed by atoms with Gasteiger partial charge in [-0.05, 0) is 64.2 Å². The molecule has 1 aliphatic rings. The highest BCUT2D eigenvalue weighted by molar-refractivity contribution is 5.87. The highest BCUT2D eigenvalue weighted by atomic mass is 16.4. The summed E-state index contributed by atoms with van der Waals surface area (Å²) >= 11 is 0. The number of aliphatic carboxylic acids is 3. The van der Waals surface area contributed by atoms with Gasteiger partial charge in [-0.15, -0.1) is 0 Å². The van der Waals surface area contributed by atoms with Gasteiger partial charge in [-0.1, -0.05) is 89.9 Å². The van der Waals surface area contributed by atoms with Gasteiger partial charge in [0.2, 0.25) is 17.7 Å². The first-order valence-electron chi connectivity index (χ1n) is 19.9. The molecular weight excluding hydrogens is 670 g/mol. The van der Waals surface area contributed by atoms with Gasteiger partial charge in [-0.3, -0.25) is 19.2 Å². The summed E-state index contributed by atoms with van der Waals surface area (Å²) in [5.41, 5.74) is 0. The Bertz CT molecular complexity index is 1090.